The van der Waals surface area contributed by atoms with Gasteiger partial charge in [0.05, 0.1) is 16.0 Å². The van der Waals surface area contributed by atoms with E-state index >= 15 is 0 Å². The van der Waals surface area contributed by atoms with Crippen molar-refractivity contribution in [2.45, 2.75) is 0 Å². The normalized spacial score (nSPS) is 11.0. The van der Waals surface area contributed by atoms with Gasteiger partial charge in [-0.25, -0.2) is 4.98 Å². The maximum Gasteiger partial charge on any atom is 0.269 e. The summed E-state index contributed by atoms with van der Waals surface area (Å²) >= 11 is 0. The molecule has 0 saturated heterocycles. The molecule has 1 aromatic heterocycles. The second kappa shape index (κ2) is 6.10. The molecule has 0 aliphatic rings. The number of hydrogen-bond acceptors (Lipinski definition) is 4. The molecule has 3 rings (SSSR count). The van der Waals surface area contributed by atoms with Crippen LogP contribution in [0.25, 0.3) is 17.1 Å². The number of nitro groups is 1. The highest BCUT2D eigenvalue weighted by atomic mass is 16.6. The van der Waals surface area contributed by atoms with Gasteiger partial charge in [-0.3, -0.25) is 20.2 Å². The summed E-state index contributed by atoms with van der Waals surface area (Å²) in [6.07, 6.45) is 2.91. The van der Waals surface area contributed by atoms with Gasteiger partial charge in [0.1, 0.15) is 0 Å². The number of nitro benzene ring substituents is 1. The molecule has 0 fully saturated rings. The van der Waals surface area contributed by atoms with Crippen LogP contribution in [0.3, 0.4) is 0 Å². The van der Waals surface area contributed by atoms with Crippen LogP contribution in [0.5, 0.6) is 0 Å². The Kier molecular flexibility index (Phi) is 3.84. The highest BCUT2D eigenvalue weighted by Gasteiger charge is 2.05. The highest BCUT2D eigenvalue weighted by molar-refractivity contribution is 6.01. The molecule has 23 heavy (non-hydrogen) atoms. The van der Waals surface area contributed by atoms with Crippen LogP contribution in [0.15, 0.2) is 54.6 Å². The Morgan fingerprint density at radius 2 is 1.91 bits per heavy atom. The van der Waals surface area contributed by atoms with E-state index in [0.29, 0.717) is 11.5 Å². The number of H-pyrrole nitrogens is 1. The van der Waals surface area contributed by atoms with E-state index in [1.165, 1.54) is 18.2 Å². The number of nitrogens with one attached hydrogen (secondary N) is 2. The molecule has 0 spiro atoms. The molecule has 0 aliphatic heterocycles. The van der Waals surface area contributed by atoms with E-state index in [1.54, 1.807) is 18.2 Å². The predicted octanol–water partition coefficient (Wildman–Crippen LogP) is 3.12. The maximum atomic E-state index is 11.9. The minimum Gasteiger partial charge on any atom is -0.324 e. The molecule has 0 saturated carbocycles. The van der Waals surface area contributed by atoms with Gasteiger partial charge in [0, 0.05) is 18.2 Å². The van der Waals surface area contributed by atoms with Gasteiger partial charge in [-0.15, -0.1) is 0 Å². The smallest absolute Gasteiger partial charge is 0.269 e. The molecule has 0 unspecified atom stereocenters. The molecule has 3 aromatic rings. The highest BCUT2D eigenvalue weighted by Crippen LogP contribution is 2.14. The van der Waals surface area contributed by atoms with Crippen molar-refractivity contribution in [1.82, 2.24) is 9.97 Å². The lowest BCUT2D eigenvalue weighted by Crippen LogP contribution is -2.08. The van der Waals surface area contributed by atoms with Crippen molar-refractivity contribution in [3.8, 4) is 0 Å². The fourth-order valence-electron chi connectivity index (χ4n) is 2.05. The van der Waals surface area contributed by atoms with Crippen molar-refractivity contribution in [2.24, 2.45) is 0 Å². The van der Waals surface area contributed by atoms with Crippen molar-refractivity contribution < 1.29 is 9.72 Å². The monoisotopic (exact) mass is 308 g/mol. The SMILES string of the molecule is O=C(/C=C/c1ccc([N+](=O)[O-])cc1)Nc1nc2ccccc2[nH]1. The number of aromatic amines is 1. The van der Waals surface area contributed by atoms with Crippen LogP contribution < -0.4 is 5.32 Å². The summed E-state index contributed by atoms with van der Waals surface area (Å²) in [4.78, 5) is 29.2. The van der Waals surface area contributed by atoms with E-state index in [4.69, 9.17) is 0 Å². The third-order valence-corrected chi connectivity index (χ3v) is 3.16. The average Bonchev–Trinajstić information content (AvgIpc) is 2.95. The molecule has 114 valence electrons. The molecule has 7 nitrogen and oxygen atoms in total. The summed E-state index contributed by atoms with van der Waals surface area (Å²) in [6.45, 7) is 0. The van der Waals surface area contributed by atoms with Crippen LogP contribution in [-0.4, -0.2) is 20.8 Å². The van der Waals surface area contributed by atoms with Gasteiger partial charge in [0.15, 0.2) is 0 Å². The summed E-state index contributed by atoms with van der Waals surface area (Å²) < 4.78 is 0. The number of para-hydroxylation sites is 2. The molecule has 1 amide bonds. The molecule has 0 atom stereocenters. The minimum absolute atomic E-state index is 0.00822. The fraction of sp³-hybridized carbons (Fsp3) is 0. The number of fused-ring (bicyclic) bond motifs is 1. The molecule has 1 heterocycles. The summed E-state index contributed by atoms with van der Waals surface area (Å²) in [6, 6.07) is 13.4. The molecular formula is C16H12N4O3. The Morgan fingerprint density at radius 3 is 2.61 bits per heavy atom. The lowest BCUT2D eigenvalue weighted by molar-refractivity contribution is -0.384. The van der Waals surface area contributed by atoms with Gasteiger partial charge >= 0.3 is 0 Å². The van der Waals surface area contributed by atoms with Gasteiger partial charge in [-0.2, -0.15) is 0 Å². The first-order chi connectivity index (χ1) is 11.1. The van der Waals surface area contributed by atoms with Crippen molar-refractivity contribution in [3.05, 3.63) is 70.3 Å². The van der Waals surface area contributed by atoms with Crippen molar-refractivity contribution in [1.29, 1.82) is 0 Å². The van der Waals surface area contributed by atoms with Crippen LogP contribution in [-0.2, 0) is 4.79 Å². The standard InChI is InChI=1S/C16H12N4O3/c21-15(10-7-11-5-8-12(9-6-11)20(22)23)19-16-17-13-3-1-2-4-14(13)18-16/h1-10H,(H2,17,18,19,21)/b10-7+. The zero-order valence-electron chi connectivity index (χ0n) is 11.9. The van der Waals surface area contributed by atoms with Crippen molar-refractivity contribution >= 4 is 34.7 Å². The van der Waals surface area contributed by atoms with E-state index < -0.39 is 4.92 Å². The maximum absolute atomic E-state index is 11.9. The number of hydrogen-bond donors (Lipinski definition) is 2. The topological polar surface area (TPSA) is 101 Å². The lowest BCUT2D eigenvalue weighted by atomic mass is 10.2. The Morgan fingerprint density at radius 1 is 1.17 bits per heavy atom. The number of amides is 1. The van der Waals surface area contributed by atoms with E-state index in [2.05, 4.69) is 15.3 Å². The van der Waals surface area contributed by atoms with Gasteiger partial charge in [-0.05, 0) is 35.9 Å². The van der Waals surface area contributed by atoms with E-state index in [0.717, 1.165) is 11.0 Å². The number of benzene rings is 2. The lowest BCUT2D eigenvalue weighted by Gasteiger charge is -1.96. The number of nitrogens with zero attached hydrogens (tertiary/aromatic N) is 2. The largest absolute Gasteiger partial charge is 0.324 e. The second-order valence-corrected chi connectivity index (χ2v) is 4.77. The van der Waals surface area contributed by atoms with Crippen molar-refractivity contribution in [3.63, 3.8) is 0 Å². The molecule has 7 heteroatoms. The third-order valence-electron chi connectivity index (χ3n) is 3.16. The Bertz CT molecular complexity index is 864. The van der Waals surface area contributed by atoms with Crippen LogP contribution in [0.2, 0.25) is 0 Å². The number of non-ortho nitro benzene ring substituents is 1. The van der Waals surface area contributed by atoms with Gasteiger partial charge in [-0.1, -0.05) is 12.1 Å². The molecule has 2 aromatic carbocycles. The number of imidazole rings is 1. The predicted molar refractivity (Wildman–Crippen MR) is 86.9 cm³/mol. The first-order valence-electron chi connectivity index (χ1n) is 6.80. The minimum atomic E-state index is -0.470. The molecule has 0 bridgehead atoms. The first-order valence-corrected chi connectivity index (χ1v) is 6.80. The van der Waals surface area contributed by atoms with Gasteiger partial charge in [0.2, 0.25) is 5.95 Å². The van der Waals surface area contributed by atoms with Crippen LogP contribution in [0.1, 0.15) is 5.56 Å². The van der Waals surface area contributed by atoms with Crippen molar-refractivity contribution in [2.75, 3.05) is 5.32 Å². The second-order valence-electron chi connectivity index (χ2n) is 4.77. The Hall–Kier alpha value is -3.48. The summed E-state index contributed by atoms with van der Waals surface area (Å²) in [5.74, 6) is 0.0203. The summed E-state index contributed by atoms with van der Waals surface area (Å²) in [5.41, 5.74) is 2.30. The van der Waals surface area contributed by atoms with E-state index in [1.807, 2.05) is 24.3 Å². The van der Waals surface area contributed by atoms with E-state index in [9.17, 15) is 14.9 Å². The quantitative estimate of drug-likeness (QED) is 0.439. The molecule has 0 radical (unpaired) electrons. The molecular weight excluding hydrogens is 296 g/mol. The van der Waals surface area contributed by atoms with Gasteiger partial charge in [0.25, 0.3) is 11.6 Å². The Balaban J connectivity index is 1.67. The number of anilines is 1. The number of carbonyl (C=O) groups is 1. The number of aromatic nitrogens is 2. The Labute approximate surface area is 130 Å². The van der Waals surface area contributed by atoms with Crippen LogP contribution in [0, 0.1) is 10.1 Å². The molecule has 2 N–H and O–H groups in total. The first kappa shape index (κ1) is 14.5. The molecule has 0 aliphatic carbocycles. The number of rotatable bonds is 4. The van der Waals surface area contributed by atoms with E-state index in [-0.39, 0.29) is 11.6 Å². The summed E-state index contributed by atoms with van der Waals surface area (Å²) in [5, 5.41) is 13.2. The average molecular weight is 308 g/mol. The third kappa shape index (κ3) is 3.41. The zero-order chi connectivity index (χ0) is 16.2. The number of carbonyl (C=O) groups excluding carboxylic acids is 1. The fourth-order valence-corrected chi connectivity index (χ4v) is 2.05. The van der Waals surface area contributed by atoms with Gasteiger partial charge < -0.3 is 4.98 Å². The zero-order valence-corrected chi connectivity index (χ0v) is 11.9. The van der Waals surface area contributed by atoms with Crippen LogP contribution >= 0.6 is 0 Å². The summed E-state index contributed by atoms with van der Waals surface area (Å²) in [7, 11) is 0. The van der Waals surface area contributed by atoms with Crippen LogP contribution in [0.4, 0.5) is 11.6 Å².